The third-order valence-corrected chi connectivity index (χ3v) is 4.73. The maximum Gasteiger partial charge on any atom is 0.244 e. The van der Waals surface area contributed by atoms with Crippen LogP contribution in [0.2, 0.25) is 0 Å². The molecule has 2 aromatic rings. The standard InChI is InChI=1S/C14H18N4OS2.ClH/c1-3-8-14(2,15)12(19)17-10-4-6-11(7-5-10)21-13-18-16-9-20-13;/h4-7,9H,3,8,15H2,1-2H3,(H,17,19);1H. The number of nitrogens with one attached hydrogen (secondary N) is 1. The first-order chi connectivity index (χ1) is 10.0. The van der Waals surface area contributed by atoms with Crippen molar-refractivity contribution in [2.75, 3.05) is 5.32 Å². The van der Waals surface area contributed by atoms with Gasteiger partial charge < -0.3 is 11.1 Å². The Hall–Kier alpha value is -1.15. The van der Waals surface area contributed by atoms with Crippen molar-refractivity contribution in [1.29, 1.82) is 0 Å². The summed E-state index contributed by atoms with van der Waals surface area (Å²) in [6, 6.07) is 7.61. The van der Waals surface area contributed by atoms with Crippen molar-refractivity contribution < 1.29 is 4.79 Å². The summed E-state index contributed by atoms with van der Waals surface area (Å²) in [6.07, 6.45) is 1.53. The second-order valence-corrected chi connectivity index (χ2v) is 7.11. The van der Waals surface area contributed by atoms with E-state index in [1.54, 1.807) is 24.2 Å². The molecule has 0 aliphatic carbocycles. The number of nitrogens with zero attached hydrogens (tertiary/aromatic N) is 2. The molecular formula is C14H19ClN4OS2. The van der Waals surface area contributed by atoms with Crippen LogP contribution in [0, 0.1) is 0 Å². The molecule has 0 fully saturated rings. The predicted molar refractivity (Wildman–Crippen MR) is 93.9 cm³/mol. The monoisotopic (exact) mass is 358 g/mol. The molecule has 120 valence electrons. The van der Waals surface area contributed by atoms with E-state index in [2.05, 4.69) is 15.5 Å². The Morgan fingerprint density at radius 3 is 2.64 bits per heavy atom. The molecule has 1 amide bonds. The van der Waals surface area contributed by atoms with Crippen molar-refractivity contribution >= 4 is 47.1 Å². The molecular weight excluding hydrogens is 340 g/mol. The lowest BCUT2D eigenvalue weighted by Gasteiger charge is -2.22. The summed E-state index contributed by atoms with van der Waals surface area (Å²) >= 11 is 3.04. The van der Waals surface area contributed by atoms with Gasteiger partial charge in [0.05, 0.1) is 5.54 Å². The normalized spacial score (nSPS) is 13.0. The number of benzene rings is 1. The topological polar surface area (TPSA) is 80.9 Å². The van der Waals surface area contributed by atoms with Gasteiger partial charge in [-0.3, -0.25) is 4.79 Å². The van der Waals surface area contributed by atoms with Crippen LogP contribution in [-0.2, 0) is 4.79 Å². The zero-order chi connectivity index (χ0) is 15.3. The molecule has 0 bridgehead atoms. The van der Waals surface area contributed by atoms with Crippen molar-refractivity contribution in [3.8, 4) is 0 Å². The van der Waals surface area contributed by atoms with Crippen LogP contribution in [0.1, 0.15) is 26.7 Å². The summed E-state index contributed by atoms with van der Waals surface area (Å²) in [7, 11) is 0. The van der Waals surface area contributed by atoms with Crippen LogP contribution in [0.5, 0.6) is 0 Å². The van der Waals surface area contributed by atoms with Gasteiger partial charge in [0, 0.05) is 10.6 Å². The molecule has 8 heteroatoms. The molecule has 0 spiro atoms. The summed E-state index contributed by atoms with van der Waals surface area (Å²) in [5, 5.41) is 10.6. The number of nitrogens with two attached hydrogens (primary N) is 1. The Kier molecular flexibility index (Phi) is 7.28. The lowest BCUT2D eigenvalue weighted by Crippen LogP contribution is -2.48. The maximum absolute atomic E-state index is 12.1. The fourth-order valence-corrected chi connectivity index (χ4v) is 3.27. The van der Waals surface area contributed by atoms with Crippen LogP contribution < -0.4 is 11.1 Å². The van der Waals surface area contributed by atoms with E-state index >= 15 is 0 Å². The fourth-order valence-electron chi connectivity index (χ4n) is 1.82. The van der Waals surface area contributed by atoms with E-state index < -0.39 is 5.54 Å². The first kappa shape index (κ1) is 18.9. The molecule has 1 unspecified atom stereocenters. The minimum Gasteiger partial charge on any atom is -0.325 e. The molecule has 2 rings (SSSR count). The second-order valence-electron chi connectivity index (χ2n) is 4.95. The molecule has 0 aliphatic heterocycles. The molecule has 5 nitrogen and oxygen atoms in total. The highest BCUT2D eigenvalue weighted by Gasteiger charge is 2.27. The first-order valence-corrected chi connectivity index (χ1v) is 8.35. The van der Waals surface area contributed by atoms with Crippen molar-refractivity contribution in [2.45, 2.75) is 41.5 Å². The molecule has 1 atom stereocenters. The van der Waals surface area contributed by atoms with Crippen LogP contribution in [0.25, 0.3) is 0 Å². The average molecular weight is 359 g/mol. The summed E-state index contributed by atoms with van der Waals surface area (Å²) in [5.74, 6) is -0.158. The molecule has 3 N–H and O–H groups in total. The number of rotatable bonds is 6. The summed E-state index contributed by atoms with van der Waals surface area (Å²) < 4.78 is 0.893. The maximum atomic E-state index is 12.1. The number of carbonyl (C=O) groups excluding carboxylic acids is 1. The van der Waals surface area contributed by atoms with E-state index in [1.165, 1.54) is 11.3 Å². The van der Waals surface area contributed by atoms with Gasteiger partial charge in [0.1, 0.15) is 5.51 Å². The predicted octanol–water partition coefficient (Wildman–Crippen LogP) is 3.57. The van der Waals surface area contributed by atoms with Gasteiger partial charge in [0.25, 0.3) is 0 Å². The van der Waals surface area contributed by atoms with E-state index in [1.807, 2.05) is 31.2 Å². The molecule has 0 saturated carbocycles. The highest BCUT2D eigenvalue weighted by Crippen LogP contribution is 2.29. The summed E-state index contributed by atoms with van der Waals surface area (Å²) in [6.45, 7) is 3.77. The number of aromatic nitrogens is 2. The van der Waals surface area contributed by atoms with Crippen molar-refractivity contribution in [2.24, 2.45) is 5.73 Å². The Morgan fingerprint density at radius 1 is 1.41 bits per heavy atom. The van der Waals surface area contributed by atoms with Crippen molar-refractivity contribution in [3.05, 3.63) is 29.8 Å². The molecule has 1 heterocycles. The van der Waals surface area contributed by atoms with Crippen LogP contribution >= 0.6 is 35.5 Å². The SMILES string of the molecule is CCCC(C)(N)C(=O)Nc1ccc(Sc2nncs2)cc1.Cl. The van der Waals surface area contributed by atoms with E-state index in [0.717, 1.165) is 21.3 Å². The van der Waals surface area contributed by atoms with Gasteiger partial charge in [0.15, 0.2) is 4.34 Å². The van der Waals surface area contributed by atoms with E-state index in [4.69, 9.17) is 5.73 Å². The van der Waals surface area contributed by atoms with E-state index in [-0.39, 0.29) is 18.3 Å². The molecule has 0 saturated heterocycles. The van der Waals surface area contributed by atoms with Gasteiger partial charge in [-0.2, -0.15) is 0 Å². The van der Waals surface area contributed by atoms with Crippen LogP contribution in [0.3, 0.4) is 0 Å². The molecule has 1 aromatic heterocycles. The quantitative estimate of drug-likeness (QED) is 0.825. The number of hydrogen-bond donors (Lipinski definition) is 2. The first-order valence-electron chi connectivity index (χ1n) is 6.65. The fraction of sp³-hybridized carbons (Fsp3) is 0.357. The minimum absolute atomic E-state index is 0. The number of carbonyl (C=O) groups is 1. The Morgan fingerprint density at radius 2 is 2.09 bits per heavy atom. The average Bonchev–Trinajstić information content (AvgIpc) is 2.94. The van der Waals surface area contributed by atoms with Crippen LogP contribution in [-0.4, -0.2) is 21.6 Å². The summed E-state index contributed by atoms with van der Waals surface area (Å²) in [5.41, 5.74) is 7.62. The summed E-state index contributed by atoms with van der Waals surface area (Å²) in [4.78, 5) is 13.2. The van der Waals surface area contributed by atoms with Crippen molar-refractivity contribution in [1.82, 2.24) is 10.2 Å². The van der Waals surface area contributed by atoms with Gasteiger partial charge >= 0.3 is 0 Å². The van der Waals surface area contributed by atoms with E-state index in [0.29, 0.717) is 6.42 Å². The van der Waals surface area contributed by atoms with Crippen molar-refractivity contribution in [3.63, 3.8) is 0 Å². The number of halogens is 1. The largest absolute Gasteiger partial charge is 0.325 e. The molecule has 22 heavy (non-hydrogen) atoms. The van der Waals surface area contributed by atoms with E-state index in [9.17, 15) is 4.79 Å². The molecule has 1 aromatic carbocycles. The second kappa shape index (κ2) is 8.47. The zero-order valence-corrected chi connectivity index (χ0v) is 14.9. The Labute approximate surface area is 144 Å². The lowest BCUT2D eigenvalue weighted by atomic mass is 9.96. The third-order valence-electron chi connectivity index (χ3n) is 2.95. The smallest absolute Gasteiger partial charge is 0.244 e. The minimum atomic E-state index is -0.839. The number of anilines is 1. The van der Waals surface area contributed by atoms with Gasteiger partial charge in [-0.25, -0.2) is 0 Å². The van der Waals surface area contributed by atoms with Gasteiger partial charge in [-0.15, -0.1) is 22.6 Å². The van der Waals surface area contributed by atoms with Crippen LogP contribution in [0.15, 0.2) is 39.0 Å². The van der Waals surface area contributed by atoms with Crippen LogP contribution in [0.4, 0.5) is 5.69 Å². The molecule has 0 aliphatic rings. The highest BCUT2D eigenvalue weighted by atomic mass is 35.5. The number of amides is 1. The van der Waals surface area contributed by atoms with Gasteiger partial charge in [-0.05, 0) is 37.6 Å². The Balaban J connectivity index is 0.00000242. The molecule has 0 radical (unpaired) electrons. The zero-order valence-electron chi connectivity index (χ0n) is 12.4. The lowest BCUT2D eigenvalue weighted by molar-refractivity contribution is -0.120. The van der Waals surface area contributed by atoms with Gasteiger partial charge in [-0.1, -0.05) is 36.4 Å². The third kappa shape index (κ3) is 5.24. The number of hydrogen-bond acceptors (Lipinski definition) is 6. The van der Waals surface area contributed by atoms with Gasteiger partial charge in [0.2, 0.25) is 5.91 Å². The Bertz CT molecular complexity index is 587. The highest BCUT2D eigenvalue weighted by molar-refractivity contribution is 8.01.